The van der Waals surface area contributed by atoms with Crippen LogP contribution in [0.25, 0.3) is 10.9 Å². The van der Waals surface area contributed by atoms with Crippen LogP contribution in [0.15, 0.2) is 18.3 Å². The van der Waals surface area contributed by atoms with E-state index < -0.39 is 0 Å². The van der Waals surface area contributed by atoms with E-state index >= 15 is 0 Å². The number of H-pyrrole nitrogens is 1. The quantitative estimate of drug-likeness (QED) is 0.719. The number of rotatable bonds is 1. The van der Waals surface area contributed by atoms with Gasteiger partial charge in [-0.2, -0.15) is 5.10 Å². The molecule has 1 aromatic heterocycles. The molecule has 12 heavy (non-hydrogen) atoms. The zero-order chi connectivity index (χ0) is 8.55. The van der Waals surface area contributed by atoms with Crippen LogP contribution in [-0.2, 0) is 6.42 Å². The maximum absolute atomic E-state index is 6.01. The normalized spacial score (nSPS) is 10.8. The van der Waals surface area contributed by atoms with Gasteiger partial charge in [-0.25, -0.2) is 0 Å². The standard InChI is InChI=1S/C9H9ClN2/c1-2-6-3-7-5-11-12-9(7)8(10)4-6/h3-5H,2H2,1H3,(H,11,12). The van der Waals surface area contributed by atoms with Gasteiger partial charge in [0.2, 0.25) is 0 Å². The van der Waals surface area contributed by atoms with Gasteiger partial charge in [0.15, 0.2) is 0 Å². The molecular formula is C9H9ClN2. The summed E-state index contributed by atoms with van der Waals surface area (Å²) in [6.45, 7) is 2.11. The summed E-state index contributed by atoms with van der Waals surface area (Å²) in [7, 11) is 0. The Hall–Kier alpha value is -1.02. The van der Waals surface area contributed by atoms with Crippen LogP contribution >= 0.6 is 11.6 Å². The molecule has 0 aliphatic carbocycles. The van der Waals surface area contributed by atoms with Crippen molar-refractivity contribution >= 4 is 22.5 Å². The van der Waals surface area contributed by atoms with Gasteiger partial charge < -0.3 is 0 Å². The van der Waals surface area contributed by atoms with Crippen molar-refractivity contribution in [2.45, 2.75) is 13.3 Å². The summed E-state index contributed by atoms with van der Waals surface area (Å²) in [6, 6.07) is 4.08. The van der Waals surface area contributed by atoms with E-state index in [4.69, 9.17) is 11.6 Å². The largest absolute Gasteiger partial charge is 0.276 e. The number of hydrogen-bond acceptors (Lipinski definition) is 1. The molecule has 0 spiro atoms. The first-order valence-corrected chi connectivity index (χ1v) is 4.30. The molecule has 0 saturated carbocycles. The number of benzene rings is 1. The minimum Gasteiger partial charge on any atom is -0.276 e. The van der Waals surface area contributed by atoms with Crippen molar-refractivity contribution in [1.29, 1.82) is 0 Å². The third-order valence-corrected chi connectivity index (χ3v) is 2.27. The van der Waals surface area contributed by atoms with E-state index in [1.165, 1.54) is 5.56 Å². The number of aromatic nitrogens is 2. The molecule has 0 amide bonds. The summed E-state index contributed by atoms with van der Waals surface area (Å²) < 4.78 is 0. The zero-order valence-electron chi connectivity index (χ0n) is 6.76. The summed E-state index contributed by atoms with van der Waals surface area (Å²) in [5.41, 5.74) is 2.17. The lowest BCUT2D eigenvalue weighted by atomic mass is 10.1. The minimum absolute atomic E-state index is 0.752. The number of nitrogens with one attached hydrogen (secondary N) is 1. The predicted molar refractivity (Wildman–Crippen MR) is 50.5 cm³/mol. The molecule has 2 nitrogen and oxygen atoms in total. The molecule has 0 fully saturated rings. The van der Waals surface area contributed by atoms with Gasteiger partial charge >= 0.3 is 0 Å². The van der Waals surface area contributed by atoms with Crippen LogP contribution in [0, 0.1) is 0 Å². The maximum atomic E-state index is 6.01. The van der Waals surface area contributed by atoms with Gasteiger partial charge in [0.1, 0.15) is 0 Å². The third-order valence-electron chi connectivity index (χ3n) is 1.97. The monoisotopic (exact) mass is 180 g/mol. The fourth-order valence-electron chi connectivity index (χ4n) is 1.28. The highest BCUT2D eigenvalue weighted by Gasteiger charge is 2.02. The van der Waals surface area contributed by atoms with Crippen molar-refractivity contribution in [3.63, 3.8) is 0 Å². The molecule has 0 aliphatic rings. The van der Waals surface area contributed by atoms with Crippen LogP contribution in [0.3, 0.4) is 0 Å². The Morgan fingerprint density at radius 1 is 1.50 bits per heavy atom. The van der Waals surface area contributed by atoms with Gasteiger partial charge in [-0.1, -0.05) is 18.5 Å². The molecule has 62 valence electrons. The zero-order valence-corrected chi connectivity index (χ0v) is 7.52. The Kier molecular flexibility index (Phi) is 1.77. The van der Waals surface area contributed by atoms with Crippen LogP contribution < -0.4 is 0 Å². The van der Waals surface area contributed by atoms with Crippen molar-refractivity contribution in [2.24, 2.45) is 0 Å². The van der Waals surface area contributed by atoms with Gasteiger partial charge in [-0.05, 0) is 24.1 Å². The molecule has 0 saturated heterocycles. The Morgan fingerprint density at radius 2 is 2.33 bits per heavy atom. The lowest BCUT2D eigenvalue weighted by Gasteiger charge is -1.98. The average molecular weight is 181 g/mol. The Labute approximate surface area is 75.5 Å². The SMILES string of the molecule is CCc1cc(Cl)c2[nH]ncc2c1. The number of aromatic amines is 1. The Morgan fingerprint density at radius 3 is 3.08 bits per heavy atom. The second kappa shape index (κ2) is 2.79. The fourth-order valence-corrected chi connectivity index (χ4v) is 1.57. The van der Waals surface area contributed by atoms with Crippen LogP contribution in [0.2, 0.25) is 5.02 Å². The average Bonchev–Trinajstić information content (AvgIpc) is 2.52. The Balaban J connectivity index is 2.75. The maximum Gasteiger partial charge on any atom is 0.0836 e. The third kappa shape index (κ3) is 1.08. The molecule has 0 atom stereocenters. The van der Waals surface area contributed by atoms with Crippen molar-refractivity contribution in [3.8, 4) is 0 Å². The van der Waals surface area contributed by atoms with Gasteiger partial charge in [-0.15, -0.1) is 0 Å². The van der Waals surface area contributed by atoms with E-state index in [9.17, 15) is 0 Å². The lowest BCUT2D eigenvalue weighted by molar-refractivity contribution is 1.12. The summed E-state index contributed by atoms with van der Waals surface area (Å²) >= 11 is 6.01. The first-order valence-electron chi connectivity index (χ1n) is 3.92. The highest BCUT2D eigenvalue weighted by atomic mass is 35.5. The van der Waals surface area contributed by atoms with E-state index in [2.05, 4.69) is 23.2 Å². The fraction of sp³-hybridized carbons (Fsp3) is 0.222. The number of nitrogens with zero attached hydrogens (tertiary/aromatic N) is 1. The van der Waals surface area contributed by atoms with Crippen LogP contribution in [-0.4, -0.2) is 10.2 Å². The number of halogens is 1. The van der Waals surface area contributed by atoms with Crippen molar-refractivity contribution in [1.82, 2.24) is 10.2 Å². The van der Waals surface area contributed by atoms with Crippen LogP contribution in [0.5, 0.6) is 0 Å². The molecule has 0 radical (unpaired) electrons. The summed E-state index contributed by atoms with van der Waals surface area (Å²) in [5.74, 6) is 0. The number of aryl methyl sites for hydroxylation is 1. The molecule has 1 heterocycles. The van der Waals surface area contributed by atoms with Gasteiger partial charge in [0.05, 0.1) is 16.7 Å². The smallest absolute Gasteiger partial charge is 0.0836 e. The summed E-state index contributed by atoms with van der Waals surface area (Å²) in [5, 5.41) is 8.62. The lowest BCUT2D eigenvalue weighted by Crippen LogP contribution is -1.80. The molecule has 3 heteroatoms. The molecule has 0 unspecified atom stereocenters. The van der Waals surface area contributed by atoms with Crippen molar-refractivity contribution in [2.75, 3.05) is 0 Å². The van der Waals surface area contributed by atoms with Crippen molar-refractivity contribution < 1.29 is 0 Å². The van der Waals surface area contributed by atoms with Gasteiger partial charge in [0.25, 0.3) is 0 Å². The molecule has 2 aromatic rings. The van der Waals surface area contributed by atoms with E-state index in [0.717, 1.165) is 22.3 Å². The predicted octanol–water partition coefficient (Wildman–Crippen LogP) is 2.78. The van der Waals surface area contributed by atoms with E-state index in [1.807, 2.05) is 6.07 Å². The Bertz CT molecular complexity index is 406. The number of hydrogen-bond donors (Lipinski definition) is 1. The van der Waals surface area contributed by atoms with E-state index in [-0.39, 0.29) is 0 Å². The summed E-state index contributed by atoms with van der Waals surface area (Å²) in [4.78, 5) is 0. The number of fused-ring (bicyclic) bond motifs is 1. The second-order valence-electron chi connectivity index (χ2n) is 2.77. The van der Waals surface area contributed by atoms with Gasteiger partial charge in [-0.3, -0.25) is 5.10 Å². The molecule has 1 N–H and O–H groups in total. The minimum atomic E-state index is 0.752. The molecule has 0 bridgehead atoms. The first kappa shape index (κ1) is 7.62. The van der Waals surface area contributed by atoms with Gasteiger partial charge in [0, 0.05) is 5.39 Å². The topological polar surface area (TPSA) is 28.7 Å². The molecular weight excluding hydrogens is 172 g/mol. The van der Waals surface area contributed by atoms with Crippen molar-refractivity contribution in [3.05, 3.63) is 28.9 Å². The highest BCUT2D eigenvalue weighted by molar-refractivity contribution is 6.35. The van der Waals surface area contributed by atoms with E-state index in [0.29, 0.717) is 0 Å². The molecule has 1 aromatic carbocycles. The van der Waals surface area contributed by atoms with Crippen LogP contribution in [0.1, 0.15) is 12.5 Å². The molecule has 0 aliphatic heterocycles. The first-order chi connectivity index (χ1) is 5.81. The highest BCUT2D eigenvalue weighted by Crippen LogP contribution is 2.23. The van der Waals surface area contributed by atoms with E-state index in [1.54, 1.807) is 6.20 Å². The summed E-state index contributed by atoms with van der Waals surface area (Å²) in [6.07, 6.45) is 2.79. The van der Waals surface area contributed by atoms with Crippen LogP contribution in [0.4, 0.5) is 0 Å². The molecule has 2 rings (SSSR count). The second-order valence-corrected chi connectivity index (χ2v) is 3.17.